The first-order valence-corrected chi connectivity index (χ1v) is 7.58. The van der Waals surface area contributed by atoms with Gasteiger partial charge in [-0.1, -0.05) is 28.1 Å². The van der Waals surface area contributed by atoms with E-state index in [2.05, 4.69) is 15.9 Å². The number of anilines is 1. The molecular formula is C17H19BrN2O. The Morgan fingerprint density at radius 1 is 1.24 bits per heavy atom. The summed E-state index contributed by atoms with van der Waals surface area (Å²) in [6, 6.07) is 13.2. The van der Waals surface area contributed by atoms with Crippen LogP contribution in [0.2, 0.25) is 0 Å². The van der Waals surface area contributed by atoms with E-state index in [9.17, 15) is 4.79 Å². The first-order chi connectivity index (χ1) is 9.90. The molecule has 0 aliphatic rings. The Bertz CT molecular complexity index is 670. The average molecular weight is 347 g/mol. The number of aryl methyl sites for hydroxylation is 1. The Labute approximate surface area is 133 Å². The van der Waals surface area contributed by atoms with Gasteiger partial charge in [0.2, 0.25) is 0 Å². The second-order valence-electron chi connectivity index (χ2n) is 5.23. The molecule has 0 saturated heterocycles. The lowest BCUT2D eigenvalue weighted by atomic mass is 10.0. The van der Waals surface area contributed by atoms with Crippen LogP contribution in [-0.2, 0) is 0 Å². The van der Waals surface area contributed by atoms with Crippen LogP contribution in [0.1, 0.15) is 34.5 Å². The van der Waals surface area contributed by atoms with Crippen LogP contribution in [-0.4, -0.2) is 17.9 Å². The number of amides is 1. The molecule has 2 N–H and O–H groups in total. The molecule has 1 atom stereocenters. The van der Waals surface area contributed by atoms with Gasteiger partial charge in [0.15, 0.2) is 0 Å². The van der Waals surface area contributed by atoms with E-state index >= 15 is 0 Å². The SMILES string of the molecule is Cc1cc(C(=O)N(C)C(C)c2cccc(N)c2)ccc1Br. The fourth-order valence-corrected chi connectivity index (χ4v) is 2.45. The third kappa shape index (κ3) is 3.45. The maximum atomic E-state index is 12.6. The van der Waals surface area contributed by atoms with Crippen molar-refractivity contribution in [2.24, 2.45) is 0 Å². The van der Waals surface area contributed by atoms with Gasteiger partial charge in [0.25, 0.3) is 5.91 Å². The van der Waals surface area contributed by atoms with Crippen molar-refractivity contribution in [3.05, 3.63) is 63.6 Å². The molecule has 2 aromatic carbocycles. The number of nitrogens with zero attached hydrogens (tertiary/aromatic N) is 1. The largest absolute Gasteiger partial charge is 0.399 e. The van der Waals surface area contributed by atoms with Crippen molar-refractivity contribution in [2.45, 2.75) is 19.9 Å². The van der Waals surface area contributed by atoms with E-state index < -0.39 is 0 Å². The lowest BCUT2D eigenvalue weighted by Crippen LogP contribution is -2.29. The minimum atomic E-state index is -0.0371. The van der Waals surface area contributed by atoms with Crippen molar-refractivity contribution in [1.29, 1.82) is 0 Å². The Morgan fingerprint density at radius 3 is 2.57 bits per heavy atom. The molecule has 4 heteroatoms. The summed E-state index contributed by atoms with van der Waals surface area (Å²) in [5, 5.41) is 0. The first-order valence-electron chi connectivity index (χ1n) is 6.79. The molecule has 0 heterocycles. The topological polar surface area (TPSA) is 46.3 Å². The zero-order valence-corrected chi connectivity index (χ0v) is 14.0. The molecule has 0 bridgehead atoms. The molecule has 0 aliphatic heterocycles. The maximum absolute atomic E-state index is 12.6. The van der Waals surface area contributed by atoms with Crippen molar-refractivity contribution >= 4 is 27.5 Å². The fraction of sp³-hybridized carbons (Fsp3) is 0.235. The summed E-state index contributed by atoms with van der Waals surface area (Å²) in [6.45, 7) is 3.97. The van der Waals surface area contributed by atoms with Gasteiger partial charge in [-0.05, 0) is 55.3 Å². The van der Waals surface area contributed by atoms with E-state index in [1.807, 2.05) is 63.4 Å². The van der Waals surface area contributed by atoms with E-state index in [1.54, 1.807) is 4.90 Å². The number of carbonyl (C=O) groups excluding carboxylic acids is 1. The molecule has 0 aromatic heterocycles. The Hall–Kier alpha value is -1.81. The summed E-state index contributed by atoms with van der Waals surface area (Å²) in [5.41, 5.74) is 9.28. The molecule has 110 valence electrons. The molecule has 3 nitrogen and oxygen atoms in total. The minimum absolute atomic E-state index is 0.000486. The number of nitrogen functional groups attached to an aromatic ring is 1. The third-order valence-corrected chi connectivity index (χ3v) is 4.59. The number of benzene rings is 2. The highest BCUT2D eigenvalue weighted by molar-refractivity contribution is 9.10. The second kappa shape index (κ2) is 6.31. The number of rotatable bonds is 3. The van der Waals surface area contributed by atoms with Crippen LogP contribution in [0.5, 0.6) is 0 Å². The second-order valence-corrected chi connectivity index (χ2v) is 6.08. The van der Waals surface area contributed by atoms with E-state index in [0.717, 1.165) is 15.6 Å². The van der Waals surface area contributed by atoms with Gasteiger partial charge in [-0.25, -0.2) is 0 Å². The Balaban J connectivity index is 2.24. The molecule has 21 heavy (non-hydrogen) atoms. The molecule has 0 saturated carbocycles. The monoisotopic (exact) mass is 346 g/mol. The standard InChI is InChI=1S/C17H19BrN2O/c1-11-9-14(7-8-16(11)18)17(21)20(3)12(2)13-5-4-6-15(19)10-13/h4-10,12H,19H2,1-3H3. The fourth-order valence-electron chi connectivity index (χ4n) is 2.20. The Morgan fingerprint density at radius 2 is 1.95 bits per heavy atom. The summed E-state index contributed by atoms with van der Waals surface area (Å²) < 4.78 is 1.01. The van der Waals surface area contributed by atoms with Crippen molar-refractivity contribution in [3.63, 3.8) is 0 Å². The van der Waals surface area contributed by atoms with Crippen LogP contribution in [0, 0.1) is 6.92 Å². The van der Waals surface area contributed by atoms with Gasteiger partial charge in [-0.15, -0.1) is 0 Å². The lowest BCUT2D eigenvalue weighted by Gasteiger charge is -2.26. The average Bonchev–Trinajstić information content (AvgIpc) is 2.47. The van der Waals surface area contributed by atoms with E-state index in [4.69, 9.17) is 5.73 Å². The lowest BCUT2D eigenvalue weighted by molar-refractivity contribution is 0.0742. The molecule has 0 fully saturated rings. The summed E-state index contributed by atoms with van der Waals surface area (Å²) in [6.07, 6.45) is 0. The smallest absolute Gasteiger partial charge is 0.254 e. The van der Waals surface area contributed by atoms with Crippen LogP contribution < -0.4 is 5.73 Å². The van der Waals surface area contributed by atoms with Crippen molar-refractivity contribution in [2.75, 3.05) is 12.8 Å². The van der Waals surface area contributed by atoms with Crippen molar-refractivity contribution < 1.29 is 4.79 Å². The minimum Gasteiger partial charge on any atom is -0.399 e. The number of carbonyl (C=O) groups is 1. The highest BCUT2D eigenvalue weighted by Gasteiger charge is 2.19. The predicted octanol–water partition coefficient (Wildman–Crippen LogP) is 4.17. The molecule has 1 unspecified atom stereocenters. The van der Waals surface area contributed by atoms with Crippen LogP contribution in [0.4, 0.5) is 5.69 Å². The van der Waals surface area contributed by atoms with Crippen LogP contribution >= 0.6 is 15.9 Å². The van der Waals surface area contributed by atoms with Gasteiger partial charge < -0.3 is 10.6 Å². The molecule has 0 radical (unpaired) electrons. The number of hydrogen-bond acceptors (Lipinski definition) is 2. The summed E-state index contributed by atoms with van der Waals surface area (Å²) in [5.74, 6) is 0.000486. The first kappa shape index (κ1) is 15.6. The number of nitrogens with two attached hydrogens (primary N) is 1. The highest BCUT2D eigenvalue weighted by atomic mass is 79.9. The summed E-state index contributed by atoms with van der Waals surface area (Å²) in [7, 11) is 1.81. The van der Waals surface area contributed by atoms with Crippen LogP contribution in [0.15, 0.2) is 46.9 Å². The molecular weight excluding hydrogens is 328 g/mol. The van der Waals surface area contributed by atoms with Crippen LogP contribution in [0.3, 0.4) is 0 Å². The number of hydrogen-bond donors (Lipinski definition) is 1. The zero-order chi connectivity index (χ0) is 15.6. The van der Waals surface area contributed by atoms with Gasteiger partial charge >= 0.3 is 0 Å². The molecule has 0 spiro atoms. The molecule has 1 amide bonds. The highest BCUT2D eigenvalue weighted by Crippen LogP contribution is 2.24. The molecule has 0 aliphatic carbocycles. The molecule has 2 aromatic rings. The van der Waals surface area contributed by atoms with E-state index in [1.165, 1.54) is 0 Å². The van der Waals surface area contributed by atoms with Crippen molar-refractivity contribution in [3.8, 4) is 0 Å². The maximum Gasteiger partial charge on any atom is 0.254 e. The van der Waals surface area contributed by atoms with Gasteiger partial charge in [-0.3, -0.25) is 4.79 Å². The normalized spacial score (nSPS) is 12.0. The third-order valence-electron chi connectivity index (χ3n) is 3.70. The quantitative estimate of drug-likeness (QED) is 0.847. The summed E-state index contributed by atoms with van der Waals surface area (Å²) >= 11 is 3.45. The van der Waals surface area contributed by atoms with E-state index in [0.29, 0.717) is 11.3 Å². The predicted molar refractivity (Wildman–Crippen MR) is 90.2 cm³/mol. The number of halogens is 1. The molecule has 2 rings (SSSR count). The van der Waals surface area contributed by atoms with Crippen LogP contribution in [0.25, 0.3) is 0 Å². The van der Waals surface area contributed by atoms with Gasteiger partial charge in [0.05, 0.1) is 6.04 Å². The van der Waals surface area contributed by atoms with Gasteiger partial charge in [-0.2, -0.15) is 0 Å². The zero-order valence-electron chi connectivity index (χ0n) is 12.4. The Kier molecular flexibility index (Phi) is 4.68. The van der Waals surface area contributed by atoms with Crippen molar-refractivity contribution in [1.82, 2.24) is 4.90 Å². The van der Waals surface area contributed by atoms with Gasteiger partial charge in [0, 0.05) is 22.8 Å². The van der Waals surface area contributed by atoms with Gasteiger partial charge in [0.1, 0.15) is 0 Å². The summed E-state index contributed by atoms with van der Waals surface area (Å²) in [4.78, 5) is 14.3. The van der Waals surface area contributed by atoms with E-state index in [-0.39, 0.29) is 11.9 Å².